The topological polar surface area (TPSA) is 87.8 Å². The molecule has 0 saturated carbocycles. The lowest BCUT2D eigenvalue weighted by Gasteiger charge is -2.07. The van der Waals surface area contributed by atoms with E-state index >= 15 is 0 Å². The number of hydrogen-bond donors (Lipinski definition) is 1. The average molecular weight is 337 g/mol. The van der Waals surface area contributed by atoms with Gasteiger partial charge in [0.2, 0.25) is 5.91 Å². The number of amides is 1. The van der Waals surface area contributed by atoms with Crippen molar-refractivity contribution in [3.05, 3.63) is 56.4 Å². The Morgan fingerprint density at radius 3 is 2.64 bits per heavy atom. The molecule has 0 atom stereocenters. The number of benzene rings is 1. The second kappa shape index (κ2) is 7.07. The zero-order valence-electron chi connectivity index (χ0n) is 11.2. The van der Waals surface area contributed by atoms with Crippen molar-refractivity contribution in [2.45, 2.75) is 13.0 Å². The molecule has 0 saturated heterocycles. The molecule has 0 unspecified atom stereocenters. The normalized spacial score (nSPS) is 10.0. The van der Waals surface area contributed by atoms with E-state index in [1.807, 2.05) is 6.07 Å². The van der Waals surface area contributed by atoms with Crippen LogP contribution in [0.4, 0.5) is 5.69 Å². The van der Waals surface area contributed by atoms with Gasteiger partial charge in [-0.15, -0.1) is 0 Å². The molecule has 2 rings (SSSR count). The van der Waals surface area contributed by atoms with Gasteiger partial charge in [0.25, 0.3) is 5.56 Å². The number of anilines is 1. The molecule has 1 aromatic carbocycles. The molecule has 1 heterocycles. The number of nitriles is 1. The molecule has 112 valence electrons. The van der Waals surface area contributed by atoms with E-state index in [4.69, 9.17) is 28.5 Å². The van der Waals surface area contributed by atoms with E-state index in [2.05, 4.69) is 10.4 Å². The standard InChI is InChI=1S/C14H10Cl2N4O2/c15-11-7-18-20(14(22)13(11)16)8-12(21)19-10-3-1-9(2-4-10)5-6-17/h1-4,7H,5,8H2,(H,19,21). The van der Waals surface area contributed by atoms with Gasteiger partial charge in [-0.25, -0.2) is 4.68 Å². The Morgan fingerprint density at radius 1 is 1.32 bits per heavy atom. The first-order chi connectivity index (χ1) is 10.5. The third-order valence-electron chi connectivity index (χ3n) is 2.76. The summed E-state index contributed by atoms with van der Waals surface area (Å²) in [5.41, 5.74) is 0.774. The minimum atomic E-state index is -0.631. The molecule has 0 aliphatic rings. The maximum Gasteiger partial charge on any atom is 0.287 e. The molecular formula is C14H10Cl2N4O2. The quantitative estimate of drug-likeness (QED) is 0.927. The van der Waals surface area contributed by atoms with Crippen LogP contribution in [-0.4, -0.2) is 15.7 Å². The molecule has 22 heavy (non-hydrogen) atoms. The second-order valence-corrected chi connectivity index (χ2v) is 5.13. The van der Waals surface area contributed by atoms with Crippen molar-refractivity contribution in [3.63, 3.8) is 0 Å². The molecule has 6 nitrogen and oxygen atoms in total. The van der Waals surface area contributed by atoms with Crippen molar-refractivity contribution < 1.29 is 4.79 Å². The van der Waals surface area contributed by atoms with E-state index in [9.17, 15) is 9.59 Å². The van der Waals surface area contributed by atoms with Gasteiger partial charge >= 0.3 is 0 Å². The molecule has 0 aliphatic carbocycles. The molecule has 0 aliphatic heterocycles. The third-order valence-corrected chi connectivity index (χ3v) is 3.51. The van der Waals surface area contributed by atoms with Gasteiger partial charge in [-0.05, 0) is 17.7 Å². The number of rotatable bonds is 4. The highest BCUT2D eigenvalue weighted by Crippen LogP contribution is 2.14. The summed E-state index contributed by atoms with van der Waals surface area (Å²) in [6.07, 6.45) is 1.51. The molecule has 0 spiro atoms. The molecule has 1 N–H and O–H groups in total. The Labute approximate surface area is 135 Å². The van der Waals surface area contributed by atoms with Crippen LogP contribution >= 0.6 is 23.2 Å². The van der Waals surface area contributed by atoms with Gasteiger partial charge in [0.05, 0.1) is 23.7 Å². The van der Waals surface area contributed by atoms with Gasteiger partial charge in [-0.1, -0.05) is 35.3 Å². The minimum Gasteiger partial charge on any atom is -0.324 e. The zero-order chi connectivity index (χ0) is 16.1. The summed E-state index contributed by atoms with van der Waals surface area (Å²) in [5, 5.41) is 14.8. The fraction of sp³-hybridized carbons (Fsp3) is 0.143. The van der Waals surface area contributed by atoms with E-state index < -0.39 is 11.5 Å². The third kappa shape index (κ3) is 3.85. The SMILES string of the molecule is N#CCc1ccc(NC(=O)Cn2ncc(Cl)c(Cl)c2=O)cc1. The molecule has 2 aromatic rings. The fourth-order valence-corrected chi connectivity index (χ4v) is 1.96. The van der Waals surface area contributed by atoms with Crippen LogP contribution in [0.25, 0.3) is 0 Å². The van der Waals surface area contributed by atoms with Crippen LogP contribution in [0.3, 0.4) is 0 Å². The van der Waals surface area contributed by atoms with Crippen LogP contribution in [-0.2, 0) is 17.8 Å². The predicted octanol–water partition coefficient (Wildman–Crippen LogP) is 2.25. The van der Waals surface area contributed by atoms with Gasteiger partial charge in [-0.2, -0.15) is 10.4 Å². The Balaban J connectivity index is 2.06. The highest BCUT2D eigenvalue weighted by atomic mass is 35.5. The van der Waals surface area contributed by atoms with E-state index in [1.165, 1.54) is 6.20 Å². The smallest absolute Gasteiger partial charge is 0.287 e. The van der Waals surface area contributed by atoms with E-state index in [-0.39, 0.29) is 16.6 Å². The monoisotopic (exact) mass is 336 g/mol. The Morgan fingerprint density at radius 2 is 2.00 bits per heavy atom. The summed E-state index contributed by atoms with van der Waals surface area (Å²) in [6.45, 7) is -0.282. The van der Waals surface area contributed by atoms with E-state index in [0.29, 0.717) is 12.1 Å². The Bertz CT molecular complexity index is 794. The molecule has 0 bridgehead atoms. The van der Waals surface area contributed by atoms with Crippen LogP contribution in [0.2, 0.25) is 10.0 Å². The molecule has 1 amide bonds. The largest absolute Gasteiger partial charge is 0.324 e. The summed E-state index contributed by atoms with van der Waals surface area (Å²) in [4.78, 5) is 23.7. The number of nitrogens with zero attached hydrogens (tertiary/aromatic N) is 3. The van der Waals surface area contributed by atoms with Gasteiger partial charge < -0.3 is 5.32 Å². The summed E-state index contributed by atoms with van der Waals surface area (Å²) >= 11 is 11.4. The van der Waals surface area contributed by atoms with Crippen molar-refractivity contribution in [3.8, 4) is 6.07 Å². The maximum absolute atomic E-state index is 11.9. The number of hydrogen-bond acceptors (Lipinski definition) is 4. The minimum absolute atomic E-state index is 0.0383. The molecule has 0 fully saturated rings. The first kappa shape index (κ1) is 16.0. The number of aromatic nitrogens is 2. The first-order valence-corrected chi connectivity index (χ1v) is 6.93. The van der Waals surface area contributed by atoms with Gasteiger partial charge in [0, 0.05) is 5.69 Å². The lowest BCUT2D eigenvalue weighted by molar-refractivity contribution is -0.117. The van der Waals surface area contributed by atoms with Crippen LogP contribution in [0.15, 0.2) is 35.3 Å². The Hall–Kier alpha value is -2.36. The molecule has 8 heteroatoms. The van der Waals surface area contributed by atoms with Crippen LogP contribution in [0, 0.1) is 11.3 Å². The number of carbonyl (C=O) groups is 1. The van der Waals surface area contributed by atoms with Gasteiger partial charge in [0.1, 0.15) is 11.6 Å². The number of nitrogens with one attached hydrogen (secondary N) is 1. The van der Waals surface area contributed by atoms with Crippen molar-refractivity contribution in [1.82, 2.24) is 9.78 Å². The summed E-state index contributed by atoms with van der Waals surface area (Å²) in [5.74, 6) is -0.430. The summed E-state index contributed by atoms with van der Waals surface area (Å²) in [6, 6.07) is 8.87. The van der Waals surface area contributed by atoms with Crippen LogP contribution in [0.5, 0.6) is 0 Å². The molecule has 0 radical (unpaired) electrons. The highest BCUT2D eigenvalue weighted by molar-refractivity contribution is 6.41. The van der Waals surface area contributed by atoms with Crippen molar-refractivity contribution in [2.75, 3.05) is 5.32 Å². The average Bonchev–Trinajstić information content (AvgIpc) is 2.50. The molecular weight excluding hydrogens is 327 g/mol. The van der Waals surface area contributed by atoms with E-state index in [1.54, 1.807) is 24.3 Å². The molecule has 1 aromatic heterocycles. The summed E-state index contributed by atoms with van der Waals surface area (Å²) < 4.78 is 0.924. The first-order valence-electron chi connectivity index (χ1n) is 6.18. The lowest BCUT2D eigenvalue weighted by Crippen LogP contribution is -2.29. The second-order valence-electron chi connectivity index (χ2n) is 4.35. The van der Waals surface area contributed by atoms with Crippen molar-refractivity contribution >= 4 is 34.8 Å². The van der Waals surface area contributed by atoms with E-state index in [0.717, 1.165) is 10.2 Å². The zero-order valence-corrected chi connectivity index (χ0v) is 12.7. The van der Waals surface area contributed by atoms with Crippen molar-refractivity contribution in [2.24, 2.45) is 0 Å². The Kier molecular flexibility index (Phi) is 5.15. The highest BCUT2D eigenvalue weighted by Gasteiger charge is 2.11. The number of carbonyl (C=O) groups excluding carboxylic acids is 1. The fourth-order valence-electron chi connectivity index (χ4n) is 1.69. The maximum atomic E-state index is 11.9. The lowest BCUT2D eigenvalue weighted by atomic mass is 10.1. The van der Waals surface area contributed by atoms with Crippen molar-refractivity contribution in [1.29, 1.82) is 5.26 Å². The van der Waals surface area contributed by atoms with Crippen LogP contribution < -0.4 is 10.9 Å². The van der Waals surface area contributed by atoms with Gasteiger partial charge in [0.15, 0.2) is 0 Å². The summed E-state index contributed by atoms with van der Waals surface area (Å²) in [7, 11) is 0. The predicted molar refractivity (Wildman–Crippen MR) is 82.9 cm³/mol. The number of halogens is 2. The van der Waals surface area contributed by atoms with Gasteiger partial charge in [-0.3, -0.25) is 9.59 Å². The van der Waals surface area contributed by atoms with Crippen LogP contribution in [0.1, 0.15) is 5.56 Å².